The van der Waals surface area contributed by atoms with E-state index in [9.17, 15) is 19.7 Å². The molecule has 124 valence electrons. The van der Waals surface area contributed by atoms with Crippen molar-refractivity contribution >= 4 is 23.4 Å². The maximum atomic E-state index is 11.9. The number of nitrogens with zero attached hydrogens (tertiary/aromatic N) is 3. The van der Waals surface area contributed by atoms with Crippen LogP contribution in [0.1, 0.15) is 6.42 Å². The van der Waals surface area contributed by atoms with E-state index >= 15 is 0 Å². The van der Waals surface area contributed by atoms with E-state index < -0.39 is 10.9 Å². The average molecular weight is 322 g/mol. The van der Waals surface area contributed by atoms with Crippen molar-refractivity contribution in [2.24, 2.45) is 0 Å². The fourth-order valence-corrected chi connectivity index (χ4v) is 2.36. The summed E-state index contributed by atoms with van der Waals surface area (Å²) in [6, 6.07) is 6.11. The van der Waals surface area contributed by atoms with Gasteiger partial charge in [-0.25, -0.2) is 4.79 Å². The van der Waals surface area contributed by atoms with Crippen LogP contribution in [0.4, 0.5) is 16.2 Å². The molecule has 2 rings (SSSR count). The molecule has 1 aliphatic heterocycles. The molecule has 2 N–H and O–H groups in total. The lowest BCUT2D eigenvalue weighted by molar-refractivity contribution is -0.384. The Hall–Kier alpha value is -2.84. The van der Waals surface area contributed by atoms with Gasteiger partial charge in [-0.05, 0) is 6.07 Å². The van der Waals surface area contributed by atoms with Gasteiger partial charge >= 0.3 is 12.0 Å². The van der Waals surface area contributed by atoms with Gasteiger partial charge in [0.2, 0.25) is 0 Å². The Labute approximate surface area is 132 Å². The standard InChI is InChI=1S/C14H18N4O5/c19-13(20)4-5-15-14(21)17-8-6-16(7-9-17)11-2-1-3-12(10-11)18(22)23/h1-3,10H,4-9H2,(H,15,21)(H,19,20). The number of amides is 2. The first kappa shape index (κ1) is 16.5. The second kappa shape index (κ2) is 7.43. The van der Waals surface area contributed by atoms with E-state index in [4.69, 9.17) is 5.11 Å². The zero-order valence-electron chi connectivity index (χ0n) is 12.5. The van der Waals surface area contributed by atoms with E-state index in [0.29, 0.717) is 26.2 Å². The van der Waals surface area contributed by atoms with E-state index in [1.165, 1.54) is 12.1 Å². The minimum atomic E-state index is -0.958. The van der Waals surface area contributed by atoms with Crippen molar-refractivity contribution in [3.63, 3.8) is 0 Å². The summed E-state index contributed by atoms with van der Waals surface area (Å²) in [6.45, 7) is 2.17. The van der Waals surface area contributed by atoms with Crippen molar-refractivity contribution in [1.29, 1.82) is 0 Å². The highest BCUT2D eigenvalue weighted by Gasteiger charge is 2.22. The lowest BCUT2D eigenvalue weighted by Gasteiger charge is -2.36. The fourth-order valence-electron chi connectivity index (χ4n) is 2.36. The minimum absolute atomic E-state index is 0.0383. The SMILES string of the molecule is O=C(O)CCNC(=O)N1CCN(c2cccc([N+](=O)[O-])c2)CC1. The number of urea groups is 1. The summed E-state index contributed by atoms with van der Waals surface area (Å²) in [5, 5.41) is 21.9. The summed E-state index contributed by atoms with van der Waals surface area (Å²) in [6.07, 6.45) is -0.112. The predicted octanol–water partition coefficient (Wildman–Crippen LogP) is 0.901. The van der Waals surface area contributed by atoms with E-state index in [1.807, 2.05) is 4.90 Å². The smallest absolute Gasteiger partial charge is 0.317 e. The van der Waals surface area contributed by atoms with Crippen molar-refractivity contribution < 1.29 is 19.6 Å². The zero-order valence-corrected chi connectivity index (χ0v) is 12.5. The third-order valence-electron chi connectivity index (χ3n) is 3.59. The van der Waals surface area contributed by atoms with Crippen molar-refractivity contribution in [3.8, 4) is 0 Å². The lowest BCUT2D eigenvalue weighted by Crippen LogP contribution is -2.52. The van der Waals surface area contributed by atoms with Crippen LogP contribution < -0.4 is 10.2 Å². The molecule has 1 aromatic rings. The Morgan fingerprint density at radius 2 is 1.96 bits per heavy atom. The molecule has 1 aromatic carbocycles. The Morgan fingerprint density at radius 1 is 1.26 bits per heavy atom. The molecule has 0 aromatic heterocycles. The largest absolute Gasteiger partial charge is 0.481 e. The third-order valence-corrected chi connectivity index (χ3v) is 3.59. The van der Waals surface area contributed by atoms with Gasteiger partial charge in [0.25, 0.3) is 5.69 Å². The predicted molar refractivity (Wildman–Crippen MR) is 82.5 cm³/mol. The van der Waals surface area contributed by atoms with Crippen LogP contribution in [0, 0.1) is 10.1 Å². The van der Waals surface area contributed by atoms with Gasteiger partial charge in [-0.1, -0.05) is 6.07 Å². The van der Waals surface area contributed by atoms with Crippen LogP contribution in [0.2, 0.25) is 0 Å². The van der Waals surface area contributed by atoms with Gasteiger partial charge in [0.1, 0.15) is 0 Å². The van der Waals surface area contributed by atoms with Crippen molar-refractivity contribution in [2.45, 2.75) is 6.42 Å². The summed E-state index contributed by atoms with van der Waals surface area (Å²) < 4.78 is 0. The number of benzene rings is 1. The molecule has 0 spiro atoms. The normalized spacial score (nSPS) is 14.4. The second-order valence-electron chi connectivity index (χ2n) is 5.13. The molecule has 0 atom stereocenters. The van der Waals surface area contributed by atoms with E-state index in [0.717, 1.165) is 5.69 Å². The van der Waals surface area contributed by atoms with E-state index in [2.05, 4.69) is 5.32 Å². The number of piperazine rings is 1. The molecule has 1 heterocycles. The highest BCUT2D eigenvalue weighted by Crippen LogP contribution is 2.22. The fraction of sp³-hybridized carbons (Fsp3) is 0.429. The first-order valence-electron chi connectivity index (χ1n) is 7.21. The van der Waals surface area contributed by atoms with E-state index in [1.54, 1.807) is 17.0 Å². The highest BCUT2D eigenvalue weighted by molar-refractivity contribution is 5.75. The number of nitro benzene ring substituents is 1. The summed E-state index contributed by atoms with van der Waals surface area (Å²) >= 11 is 0. The molecular weight excluding hydrogens is 304 g/mol. The summed E-state index contributed by atoms with van der Waals surface area (Å²) in [4.78, 5) is 36.3. The molecule has 1 saturated heterocycles. The Morgan fingerprint density at radius 3 is 2.57 bits per heavy atom. The van der Waals surface area contributed by atoms with Gasteiger partial charge in [0.15, 0.2) is 0 Å². The maximum absolute atomic E-state index is 11.9. The first-order chi connectivity index (χ1) is 11.0. The number of nitrogens with one attached hydrogen (secondary N) is 1. The number of carboxylic acids is 1. The van der Waals surface area contributed by atoms with Gasteiger partial charge in [-0.2, -0.15) is 0 Å². The average Bonchev–Trinajstić information content (AvgIpc) is 2.54. The molecule has 9 nitrogen and oxygen atoms in total. The van der Waals surface area contributed by atoms with E-state index in [-0.39, 0.29) is 24.7 Å². The molecule has 1 fully saturated rings. The molecule has 0 radical (unpaired) electrons. The van der Waals surface area contributed by atoms with Crippen LogP contribution in [0.25, 0.3) is 0 Å². The number of carbonyl (C=O) groups is 2. The van der Waals surface area contributed by atoms with Gasteiger partial charge in [-0.3, -0.25) is 14.9 Å². The van der Waals surface area contributed by atoms with Crippen LogP contribution in [0.3, 0.4) is 0 Å². The molecule has 0 bridgehead atoms. The molecule has 9 heteroatoms. The summed E-state index contributed by atoms with van der Waals surface area (Å²) in [7, 11) is 0. The minimum Gasteiger partial charge on any atom is -0.481 e. The highest BCUT2D eigenvalue weighted by atomic mass is 16.6. The van der Waals surface area contributed by atoms with Crippen LogP contribution in [-0.4, -0.2) is 59.7 Å². The number of carbonyl (C=O) groups excluding carboxylic acids is 1. The number of aliphatic carboxylic acids is 1. The number of non-ortho nitro benzene ring substituents is 1. The first-order valence-corrected chi connectivity index (χ1v) is 7.21. The number of hydrogen-bond donors (Lipinski definition) is 2. The molecule has 23 heavy (non-hydrogen) atoms. The zero-order chi connectivity index (χ0) is 16.8. The molecule has 0 aliphatic carbocycles. The number of carboxylic acid groups (broad SMARTS) is 1. The van der Waals surface area contributed by atoms with Crippen molar-refractivity contribution in [3.05, 3.63) is 34.4 Å². The van der Waals surface area contributed by atoms with Crippen LogP contribution in [0.5, 0.6) is 0 Å². The lowest BCUT2D eigenvalue weighted by atomic mass is 10.2. The number of anilines is 1. The van der Waals surface area contributed by atoms with Gasteiger partial charge in [0.05, 0.1) is 11.3 Å². The Bertz CT molecular complexity index is 599. The summed E-state index contributed by atoms with van der Waals surface area (Å²) in [5.74, 6) is -0.958. The molecule has 1 aliphatic rings. The second-order valence-corrected chi connectivity index (χ2v) is 5.13. The monoisotopic (exact) mass is 322 g/mol. The number of rotatable bonds is 5. The topological polar surface area (TPSA) is 116 Å². The molecule has 0 saturated carbocycles. The molecular formula is C14H18N4O5. The quantitative estimate of drug-likeness (QED) is 0.614. The van der Waals surface area contributed by atoms with Crippen LogP contribution in [0.15, 0.2) is 24.3 Å². The van der Waals surface area contributed by atoms with Crippen LogP contribution in [-0.2, 0) is 4.79 Å². The molecule has 2 amide bonds. The summed E-state index contributed by atoms with van der Waals surface area (Å²) in [5.41, 5.74) is 0.793. The molecule has 0 unspecified atom stereocenters. The van der Waals surface area contributed by atoms with Gasteiger partial charge in [0, 0.05) is 50.5 Å². The van der Waals surface area contributed by atoms with Gasteiger partial charge in [-0.15, -0.1) is 0 Å². The van der Waals surface area contributed by atoms with Gasteiger partial charge < -0.3 is 20.2 Å². The third kappa shape index (κ3) is 4.56. The Balaban J connectivity index is 1.86. The van der Waals surface area contributed by atoms with Crippen molar-refractivity contribution in [1.82, 2.24) is 10.2 Å². The maximum Gasteiger partial charge on any atom is 0.317 e. The number of hydrogen-bond acceptors (Lipinski definition) is 5. The number of nitro groups is 1. The van der Waals surface area contributed by atoms with Crippen LogP contribution >= 0.6 is 0 Å². The van der Waals surface area contributed by atoms with Crippen molar-refractivity contribution in [2.75, 3.05) is 37.6 Å². The Kier molecular flexibility index (Phi) is 5.34.